The van der Waals surface area contributed by atoms with Crippen LogP contribution in [-0.2, 0) is 19.8 Å². The first-order chi connectivity index (χ1) is 10.4. The van der Waals surface area contributed by atoms with Crippen molar-refractivity contribution in [2.24, 2.45) is 5.41 Å². The number of unbranched alkanes of at least 4 members (excludes halogenated alkanes) is 3. The molecule has 2 fully saturated rings. The largest absolute Gasteiger partial charge is 0.630 e. The van der Waals surface area contributed by atoms with Crippen LogP contribution in [-0.4, -0.2) is 39.2 Å². The molecule has 2 aliphatic heterocycles. The van der Waals surface area contributed by atoms with E-state index in [1.165, 1.54) is 25.7 Å². The molecule has 0 saturated carbocycles. The summed E-state index contributed by atoms with van der Waals surface area (Å²) < 4.78 is 23.6. The zero-order chi connectivity index (χ0) is 16.2. The number of rotatable bonds is 7. The Hall–Kier alpha value is 0.810. The Balaban J connectivity index is 1.90. The molecule has 7 heteroatoms. The topological polar surface area (TPSA) is 58.6 Å². The highest BCUT2D eigenvalue weighted by atomic mass is 32.2. The van der Waals surface area contributed by atoms with Crippen LogP contribution < -0.4 is 4.89 Å². The Morgan fingerprint density at radius 1 is 1.27 bits per heavy atom. The highest BCUT2D eigenvalue weighted by molar-refractivity contribution is 8.03. The fourth-order valence-electron chi connectivity index (χ4n) is 2.70. The van der Waals surface area contributed by atoms with Crippen molar-refractivity contribution in [1.29, 1.82) is 0 Å². The molecule has 2 aliphatic rings. The van der Waals surface area contributed by atoms with Gasteiger partial charge in [0, 0.05) is 11.2 Å². The van der Waals surface area contributed by atoms with Gasteiger partial charge in [-0.25, -0.2) is 9.05 Å². The molecule has 0 bridgehead atoms. The van der Waals surface area contributed by atoms with Crippen molar-refractivity contribution in [1.82, 2.24) is 0 Å². The Labute approximate surface area is 142 Å². The first-order valence-corrected chi connectivity index (χ1v) is 12.3. The Morgan fingerprint density at radius 2 is 1.95 bits per heavy atom. The SMILES string of the molecule is CCCCCCSC1CCS(=O)C1[P+]1([O-])OCC(C)(C)CO1. The molecule has 0 spiro atoms. The van der Waals surface area contributed by atoms with Crippen molar-refractivity contribution >= 4 is 30.5 Å². The zero-order valence-corrected chi connectivity index (χ0v) is 16.4. The highest BCUT2D eigenvalue weighted by Gasteiger charge is 2.56. The second kappa shape index (κ2) is 8.26. The summed E-state index contributed by atoms with van der Waals surface area (Å²) in [6.07, 6.45) is 5.76. The molecule has 0 N–H and O–H groups in total. The van der Waals surface area contributed by atoms with Crippen molar-refractivity contribution in [3.05, 3.63) is 0 Å². The minimum absolute atomic E-state index is 0.114. The van der Waals surface area contributed by atoms with Gasteiger partial charge in [0.1, 0.15) is 13.2 Å². The minimum Gasteiger partial charge on any atom is -0.630 e. The van der Waals surface area contributed by atoms with E-state index in [9.17, 15) is 9.10 Å². The first kappa shape index (κ1) is 19.1. The Kier molecular flexibility index (Phi) is 7.19. The van der Waals surface area contributed by atoms with Gasteiger partial charge < -0.3 is 4.89 Å². The van der Waals surface area contributed by atoms with Crippen LogP contribution in [0.3, 0.4) is 0 Å². The van der Waals surface area contributed by atoms with Gasteiger partial charge in [0.15, 0.2) is 0 Å². The lowest BCUT2D eigenvalue weighted by atomic mass is 9.97. The average molecular weight is 369 g/mol. The smallest absolute Gasteiger partial charge is 0.254 e. The molecule has 0 aromatic rings. The third-order valence-corrected chi connectivity index (χ3v) is 10.9. The van der Waals surface area contributed by atoms with Gasteiger partial charge in [-0.2, -0.15) is 11.8 Å². The van der Waals surface area contributed by atoms with Gasteiger partial charge in [-0.1, -0.05) is 40.0 Å². The van der Waals surface area contributed by atoms with Gasteiger partial charge in [0.25, 0.3) is 7.94 Å². The Bertz CT molecular complexity index is 382. The van der Waals surface area contributed by atoms with Crippen molar-refractivity contribution in [3.63, 3.8) is 0 Å². The molecular weight excluding hydrogens is 339 g/mol. The molecule has 4 nitrogen and oxygen atoms in total. The van der Waals surface area contributed by atoms with Gasteiger partial charge in [0.05, 0.1) is 16.0 Å². The maximum Gasteiger partial charge on any atom is 0.254 e. The molecule has 3 unspecified atom stereocenters. The van der Waals surface area contributed by atoms with Crippen LogP contribution in [0.5, 0.6) is 0 Å². The second-order valence-corrected chi connectivity index (χ2v) is 12.5. The summed E-state index contributed by atoms with van der Waals surface area (Å²) >= 11 is 1.81. The molecule has 0 aromatic carbocycles. The summed E-state index contributed by atoms with van der Waals surface area (Å²) in [5, 5.41) is 0.148. The Morgan fingerprint density at radius 3 is 2.59 bits per heavy atom. The lowest BCUT2D eigenvalue weighted by Gasteiger charge is -2.41. The molecule has 2 heterocycles. The standard InChI is InChI=1S/C15H29O4PS2/c1-4-5-6-7-9-21-13-8-10-22(17)14(13)20(16)18-11-15(2,3)12-19-20/h13-14H,4-12H2,1-3H3. The van der Waals surface area contributed by atoms with E-state index in [-0.39, 0.29) is 10.7 Å². The van der Waals surface area contributed by atoms with Crippen molar-refractivity contribution in [2.75, 3.05) is 24.7 Å². The van der Waals surface area contributed by atoms with Crippen molar-refractivity contribution in [2.45, 2.75) is 63.1 Å². The fourth-order valence-corrected chi connectivity index (χ4v) is 10.3. The summed E-state index contributed by atoms with van der Waals surface area (Å²) in [4.78, 5) is 12.6. The summed E-state index contributed by atoms with van der Waals surface area (Å²) in [5.41, 5.74) is -0.114. The number of thioether (sulfide) groups is 1. The summed E-state index contributed by atoms with van der Waals surface area (Å²) in [6.45, 7) is 7.11. The molecule has 130 valence electrons. The molecule has 2 rings (SSSR count). The lowest BCUT2D eigenvalue weighted by Crippen LogP contribution is -2.42. The number of hydrogen-bond donors (Lipinski definition) is 0. The molecular formula is C15H29O4PS2. The first-order valence-electron chi connectivity index (χ1n) is 8.25. The maximum absolute atomic E-state index is 13.0. The van der Waals surface area contributed by atoms with Gasteiger partial charge in [-0.05, 0) is 18.6 Å². The van der Waals surface area contributed by atoms with Crippen molar-refractivity contribution < 1.29 is 18.1 Å². The fraction of sp³-hybridized carbons (Fsp3) is 1.00. The molecule has 0 aliphatic carbocycles. The number of hydrogen-bond acceptors (Lipinski definition) is 5. The van der Waals surface area contributed by atoms with Crippen LogP contribution in [0.15, 0.2) is 0 Å². The normalized spacial score (nSPS) is 33.9. The molecule has 3 atom stereocenters. The van der Waals surface area contributed by atoms with E-state index in [4.69, 9.17) is 9.05 Å². The van der Waals surface area contributed by atoms with E-state index in [2.05, 4.69) is 6.92 Å². The van der Waals surface area contributed by atoms with E-state index in [1.807, 2.05) is 25.6 Å². The quantitative estimate of drug-likeness (QED) is 0.509. The van der Waals surface area contributed by atoms with Crippen LogP contribution in [0.1, 0.15) is 52.9 Å². The third kappa shape index (κ3) is 4.90. The second-order valence-electron chi connectivity index (χ2n) is 6.98. The highest BCUT2D eigenvalue weighted by Crippen LogP contribution is 2.65. The summed E-state index contributed by atoms with van der Waals surface area (Å²) in [7, 11) is -4.33. The van der Waals surface area contributed by atoms with Gasteiger partial charge in [-0.15, -0.1) is 0 Å². The molecule has 0 amide bonds. The van der Waals surface area contributed by atoms with Crippen LogP contribution in [0.4, 0.5) is 0 Å². The summed E-state index contributed by atoms with van der Waals surface area (Å²) in [5.74, 6) is 1.67. The van der Waals surface area contributed by atoms with Crippen LogP contribution in [0.25, 0.3) is 0 Å². The van der Waals surface area contributed by atoms with E-state index in [0.29, 0.717) is 19.0 Å². The van der Waals surface area contributed by atoms with E-state index >= 15 is 0 Å². The average Bonchev–Trinajstić information content (AvgIpc) is 2.84. The van der Waals surface area contributed by atoms with Gasteiger partial charge >= 0.3 is 0 Å². The summed E-state index contributed by atoms with van der Waals surface area (Å²) in [6, 6.07) is 0. The predicted molar refractivity (Wildman–Crippen MR) is 94.4 cm³/mol. The van der Waals surface area contributed by atoms with Gasteiger partial charge in [0.2, 0.25) is 4.99 Å². The molecule has 0 aromatic heterocycles. The van der Waals surface area contributed by atoms with E-state index in [1.54, 1.807) is 0 Å². The zero-order valence-electron chi connectivity index (χ0n) is 13.9. The van der Waals surface area contributed by atoms with E-state index < -0.39 is 23.7 Å². The predicted octanol–water partition coefficient (Wildman–Crippen LogP) is 3.34. The lowest BCUT2D eigenvalue weighted by molar-refractivity contribution is -0.234. The third-order valence-electron chi connectivity index (χ3n) is 4.10. The van der Waals surface area contributed by atoms with Gasteiger partial charge in [-0.3, -0.25) is 4.21 Å². The molecule has 0 radical (unpaired) electrons. The van der Waals surface area contributed by atoms with E-state index in [0.717, 1.165) is 12.2 Å². The van der Waals surface area contributed by atoms with Crippen LogP contribution >= 0.6 is 19.7 Å². The van der Waals surface area contributed by atoms with Crippen LogP contribution in [0.2, 0.25) is 0 Å². The monoisotopic (exact) mass is 368 g/mol. The maximum atomic E-state index is 13.0. The molecule has 22 heavy (non-hydrogen) atoms. The van der Waals surface area contributed by atoms with Crippen molar-refractivity contribution in [3.8, 4) is 0 Å². The molecule has 2 saturated heterocycles. The van der Waals surface area contributed by atoms with Crippen LogP contribution in [0, 0.1) is 5.41 Å². The minimum atomic E-state index is -3.24.